The van der Waals surface area contributed by atoms with Crippen molar-refractivity contribution >= 4 is 41.7 Å². The van der Waals surface area contributed by atoms with Gasteiger partial charge >= 0.3 is 12.1 Å². The first kappa shape index (κ1) is 50.3. The van der Waals surface area contributed by atoms with Crippen LogP contribution >= 0.6 is 0 Å². The number of phenols is 1. The number of nitrogens with zero attached hydrogens (tertiary/aromatic N) is 6. The summed E-state index contributed by atoms with van der Waals surface area (Å²) >= 11 is 0. The number of halogens is 4. The second-order valence-electron chi connectivity index (χ2n) is 22.1. The number of rotatable bonds is 12. The van der Waals surface area contributed by atoms with Gasteiger partial charge in [-0.3, -0.25) is 4.90 Å². The number of carbonyl (C=O) groups is 1. The van der Waals surface area contributed by atoms with Crippen molar-refractivity contribution in [1.29, 1.82) is 0 Å². The summed E-state index contributed by atoms with van der Waals surface area (Å²) in [5.74, 6) is 2.05. The number of hydrogen-bond donors (Lipinski definition) is 1. The highest BCUT2D eigenvalue weighted by Crippen LogP contribution is 2.49. The molecule has 1 aliphatic carbocycles. The van der Waals surface area contributed by atoms with Crippen LogP contribution in [0.15, 0.2) is 35.9 Å². The highest BCUT2D eigenvalue weighted by molar-refractivity contribution is 6.90. The number of piperazine rings is 1. The number of benzene rings is 2. The Labute approximate surface area is 405 Å². The fourth-order valence-corrected chi connectivity index (χ4v) is 16.5. The molecule has 11 nitrogen and oxygen atoms in total. The lowest BCUT2D eigenvalue weighted by atomic mass is 9.95. The van der Waals surface area contributed by atoms with Crippen molar-refractivity contribution in [1.82, 2.24) is 24.8 Å². The number of hydrogen-bond acceptors (Lipinski definition) is 10. The predicted molar refractivity (Wildman–Crippen MR) is 265 cm³/mol. The van der Waals surface area contributed by atoms with Crippen molar-refractivity contribution in [3.63, 3.8) is 0 Å². The molecule has 2 aromatic carbocycles. The first-order valence-electron chi connectivity index (χ1n) is 24.7. The van der Waals surface area contributed by atoms with Crippen LogP contribution in [0.5, 0.6) is 17.6 Å². The maximum absolute atomic E-state index is 18.1. The molecule has 3 saturated heterocycles. The quantitative estimate of drug-likeness (QED) is 0.0836. The molecule has 4 fully saturated rings. The van der Waals surface area contributed by atoms with Crippen molar-refractivity contribution in [3.8, 4) is 40.4 Å². The summed E-state index contributed by atoms with van der Waals surface area (Å²) in [5, 5.41) is 12.2. The molecule has 1 amide bonds. The molecule has 3 aliphatic heterocycles. The Bertz CT molecular complexity index is 2680. The third-order valence-electron chi connectivity index (χ3n) is 14.8. The largest absolute Gasteiger partial charge is 0.508 e. The summed E-state index contributed by atoms with van der Waals surface area (Å²) < 4.78 is 80.1. The van der Waals surface area contributed by atoms with Gasteiger partial charge in [0.15, 0.2) is 5.82 Å². The second-order valence-corrected chi connectivity index (χ2v) is 27.6. The zero-order valence-corrected chi connectivity index (χ0v) is 43.0. The van der Waals surface area contributed by atoms with Crippen LogP contribution in [-0.4, -0.2) is 107 Å². The third-order valence-corrected chi connectivity index (χ3v) is 21.1. The van der Waals surface area contributed by atoms with Gasteiger partial charge in [0.1, 0.15) is 47.7 Å². The van der Waals surface area contributed by atoms with Crippen LogP contribution in [-0.2, 0) is 4.74 Å². The normalized spacial score (nSPS) is 19.6. The van der Waals surface area contributed by atoms with E-state index in [0.717, 1.165) is 25.7 Å². The Hall–Kier alpha value is -5.14. The summed E-state index contributed by atoms with van der Waals surface area (Å²) in [7, 11) is -2.38. The second kappa shape index (κ2) is 19.2. The molecule has 5 heterocycles. The van der Waals surface area contributed by atoms with Crippen molar-refractivity contribution in [2.45, 2.75) is 155 Å². The molecule has 0 radical (unpaired) electrons. The molecule has 1 saturated carbocycles. The van der Waals surface area contributed by atoms with Crippen molar-refractivity contribution in [2.75, 3.05) is 44.2 Å². The van der Waals surface area contributed by atoms with E-state index in [2.05, 4.69) is 57.9 Å². The van der Waals surface area contributed by atoms with Crippen LogP contribution < -0.4 is 14.4 Å². The lowest BCUT2D eigenvalue weighted by molar-refractivity contribution is 0.0122. The van der Waals surface area contributed by atoms with Gasteiger partial charge in [-0.15, -0.1) is 5.54 Å². The Morgan fingerprint density at radius 2 is 1.55 bits per heavy atom. The monoisotopic (exact) mass is 972 g/mol. The van der Waals surface area contributed by atoms with Crippen molar-refractivity contribution < 1.29 is 41.7 Å². The van der Waals surface area contributed by atoms with E-state index in [-0.39, 0.29) is 97.8 Å². The zero-order valence-electron chi connectivity index (χ0n) is 42.0. The average Bonchev–Trinajstić information content (AvgIpc) is 3.97. The lowest BCUT2D eigenvalue weighted by Gasteiger charge is -2.42. The molecule has 2 unspecified atom stereocenters. The van der Waals surface area contributed by atoms with Gasteiger partial charge in [0.2, 0.25) is 5.88 Å². The van der Waals surface area contributed by atoms with Gasteiger partial charge in [0.05, 0.1) is 30.4 Å². The number of anilines is 1. The van der Waals surface area contributed by atoms with Crippen LogP contribution in [0.3, 0.4) is 0 Å². The van der Waals surface area contributed by atoms with E-state index in [0.29, 0.717) is 62.2 Å². The molecule has 2 aromatic heterocycles. The first-order valence-corrected chi connectivity index (χ1v) is 26.9. The lowest BCUT2D eigenvalue weighted by Crippen LogP contribution is -2.57. The summed E-state index contributed by atoms with van der Waals surface area (Å²) in [4.78, 5) is 34.3. The summed E-state index contributed by atoms with van der Waals surface area (Å²) in [6.07, 6.45) is 1.40. The molecule has 16 heteroatoms. The molecule has 1 N–H and O–H groups in total. The minimum absolute atomic E-state index is 0.0353. The molecule has 8 rings (SSSR count). The smallest absolute Gasteiger partial charge is 0.410 e. The molecular weight excluding hydrogens is 905 g/mol. The molecule has 372 valence electrons. The molecule has 2 bridgehead atoms. The summed E-state index contributed by atoms with van der Waals surface area (Å²) in [6.45, 7) is 24.9. The molecule has 69 heavy (non-hydrogen) atoms. The summed E-state index contributed by atoms with van der Waals surface area (Å²) in [6, 6.07) is 5.24. The number of pyridine rings is 1. The molecule has 4 aliphatic rings. The predicted octanol–water partition coefficient (Wildman–Crippen LogP) is 12.2. The standard InChI is InChI=1S/C53H68F4N6O5Si/c1-30(2)67-49-43-46(44(55)45(58-49)40-25-38(64)24-35-12-15-41(54)39(42(35)40)18-23-69(31(3)4,32(5)6)33(7)8)59-50(66-29-53(19-20-53)28-61-21-16-34(17-22-61)47(56)57)60-48(43)62-26-36-13-14-37(27-62)63(36)51(65)68-52(9,10)11/h12,15,24-25,30-33,36-37,64H,13-14,16-17,19-22,26-29H2,1-11H3. The molecule has 4 aromatic rings. The Balaban J connectivity index is 1.28. The van der Waals surface area contributed by atoms with Crippen LogP contribution in [0, 0.1) is 28.5 Å². The zero-order chi connectivity index (χ0) is 49.9. The van der Waals surface area contributed by atoms with Gasteiger partial charge in [0, 0.05) is 49.1 Å². The fourth-order valence-electron chi connectivity index (χ4n) is 11.3. The number of carbonyl (C=O) groups excluding carboxylic acids is 1. The van der Waals surface area contributed by atoms with Gasteiger partial charge in [-0.05, 0) is 119 Å². The number of phenolic OH excluding ortho intramolecular Hbond substituents is 1. The van der Waals surface area contributed by atoms with Crippen molar-refractivity contribution in [2.24, 2.45) is 5.41 Å². The van der Waals surface area contributed by atoms with E-state index < -0.39 is 37.5 Å². The fraction of sp³-hybridized carbons (Fsp3) is 0.585. The van der Waals surface area contributed by atoms with Crippen LogP contribution in [0.25, 0.3) is 32.9 Å². The van der Waals surface area contributed by atoms with Gasteiger partial charge in [0.25, 0.3) is 6.08 Å². The Morgan fingerprint density at radius 3 is 2.12 bits per heavy atom. The van der Waals surface area contributed by atoms with Crippen LogP contribution in [0.2, 0.25) is 16.6 Å². The molecule has 0 spiro atoms. The maximum Gasteiger partial charge on any atom is 0.410 e. The number of fused-ring (bicyclic) bond motifs is 4. The van der Waals surface area contributed by atoms with Gasteiger partial charge in [-0.1, -0.05) is 53.5 Å². The number of amides is 1. The molecular formula is C53H68F4N6O5Si. The van der Waals surface area contributed by atoms with E-state index in [1.165, 1.54) is 18.2 Å². The minimum atomic E-state index is -2.38. The number of piperidine rings is 1. The first-order chi connectivity index (χ1) is 32.5. The van der Waals surface area contributed by atoms with E-state index >= 15 is 8.78 Å². The highest BCUT2D eigenvalue weighted by Gasteiger charge is 2.47. The van der Waals surface area contributed by atoms with E-state index in [1.54, 1.807) is 6.07 Å². The Morgan fingerprint density at radius 1 is 0.913 bits per heavy atom. The summed E-state index contributed by atoms with van der Waals surface area (Å²) in [5.41, 5.74) is 3.54. The minimum Gasteiger partial charge on any atom is -0.508 e. The van der Waals surface area contributed by atoms with Gasteiger partial charge in [-0.25, -0.2) is 18.6 Å². The van der Waals surface area contributed by atoms with Crippen LogP contribution in [0.1, 0.15) is 120 Å². The number of ether oxygens (including phenoxy) is 3. The van der Waals surface area contributed by atoms with E-state index in [4.69, 9.17) is 29.2 Å². The third kappa shape index (κ3) is 10.1. The highest BCUT2D eigenvalue weighted by atomic mass is 28.3. The van der Waals surface area contributed by atoms with E-state index in [9.17, 15) is 18.7 Å². The number of likely N-dealkylation sites (tertiary alicyclic amines) is 1. The SMILES string of the molecule is CC(C)Oc1nc(-c2cc(O)cc3ccc(F)c(C#C[Si](C(C)C)(C(C)C)C(C)C)c23)c(F)c2nc(OCC3(CN4CCC(=C(F)F)CC4)CC3)nc(N3CC4CCC(C3)N4C(=O)OC(C)(C)C)c12. The van der Waals surface area contributed by atoms with Crippen molar-refractivity contribution in [3.05, 3.63) is 53.1 Å². The van der Waals surface area contributed by atoms with Gasteiger partial charge < -0.3 is 29.1 Å². The average molecular weight is 973 g/mol. The topological polar surface area (TPSA) is 113 Å². The molecule has 2 atom stereocenters. The number of aromatic hydroxyl groups is 1. The van der Waals surface area contributed by atoms with E-state index in [1.807, 2.05) is 44.4 Å². The number of aromatic nitrogens is 3. The van der Waals surface area contributed by atoms with Gasteiger partial charge in [-0.2, -0.15) is 18.7 Å². The maximum atomic E-state index is 18.1. The van der Waals surface area contributed by atoms with Crippen LogP contribution in [0.4, 0.5) is 28.2 Å². The Kier molecular flexibility index (Phi) is 14.0.